The van der Waals surface area contributed by atoms with Crippen molar-refractivity contribution in [3.8, 4) is 0 Å². The third-order valence-corrected chi connectivity index (χ3v) is 11.4. The highest BCUT2D eigenvalue weighted by molar-refractivity contribution is 7.89. The number of carbonyl (C=O) groups is 3. The van der Waals surface area contributed by atoms with Crippen molar-refractivity contribution in [1.29, 1.82) is 0 Å². The van der Waals surface area contributed by atoms with Crippen LogP contribution in [0.25, 0.3) is 0 Å². The van der Waals surface area contributed by atoms with E-state index in [2.05, 4.69) is 4.90 Å². The molecule has 0 bridgehead atoms. The van der Waals surface area contributed by atoms with E-state index in [0.29, 0.717) is 57.9 Å². The predicted molar refractivity (Wildman–Crippen MR) is 176 cm³/mol. The molecule has 1 aromatic carbocycles. The van der Waals surface area contributed by atoms with Crippen molar-refractivity contribution in [2.45, 2.75) is 103 Å². The Kier molecular flexibility index (Phi) is 11.5. The van der Waals surface area contributed by atoms with E-state index in [0.717, 1.165) is 25.9 Å². The van der Waals surface area contributed by atoms with Gasteiger partial charge in [0, 0.05) is 57.8 Å². The van der Waals surface area contributed by atoms with Crippen molar-refractivity contribution >= 4 is 28.0 Å². The molecule has 3 aliphatic rings. The highest BCUT2D eigenvalue weighted by atomic mass is 32.2. The Labute approximate surface area is 275 Å². The van der Waals surface area contributed by atoms with Crippen LogP contribution in [0.4, 0.5) is 4.79 Å². The van der Waals surface area contributed by atoms with Crippen LogP contribution in [0.3, 0.4) is 0 Å². The monoisotopic (exact) mass is 662 g/mol. The van der Waals surface area contributed by atoms with Gasteiger partial charge in [-0.2, -0.15) is 4.31 Å². The molecule has 2 aliphatic heterocycles. The number of likely N-dealkylation sites (tertiary alicyclic amines) is 1. The zero-order valence-corrected chi connectivity index (χ0v) is 29.3. The fraction of sp³-hybridized carbons (Fsp3) is 0.735. The van der Waals surface area contributed by atoms with E-state index in [9.17, 15) is 27.9 Å². The Balaban J connectivity index is 1.29. The second kappa shape index (κ2) is 14.6. The average Bonchev–Trinajstić information content (AvgIpc) is 2.99. The summed E-state index contributed by atoms with van der Waals surface area (Å²) >= 11 is 0. The molecule has 4 rings (SSSR count). The third-order valence-electron chi connectivity index (χ3n) is 9.58. The fourth-order valence-corrected chi connectivity index (χ4v) is 9.01. The Morgan fingerprint density at radius 2 is 1.41 bits per heavy atom. The van der Waals surface area contributed by atoms with Gasteiger partial charge in [-0.05, 0) is 82.8 Å². The Morgan fingerprint density at radius 1 is 0.848 bits per heavy atom. The topological polar surface area (TPSA) is 128 Å². The van der Waals surface area contributed by atoms with Crippen LogP contribution in [-0.2, 0) is 24.3 Å². The highest BCUT2D eigenvalue weighted by Crippen LogP contribution is 2.36. The van der Waals surface area contributed by atoms with E-state index >= 15 is 0 Å². The molecule has 11 nitrogen and oxygen atoms in total. The smallest absolute Gasteiger partial charge is 0.410 e. The first-order valence-corrected chi connectivity index (χ1v) is 18.2. The van der Waals surface area contributed by atoms with Crippen LogP contribution < -0.4 is 0 Å². The van der Waals surface area contributed by atoms with Gasteiger partial charge in [0.05, 0.1) is 4.90 Å². The molecule has 258 valence electrons. The molecule has 2 amide bonds. The van der Waals surface area contributed by atoms with E-state index in [4.69, 9.17) is 4.74 Å². The van der Waals surface area contributed by atoms with Gasteiger partial charge in [0.1, 0.15) is 11.6 Å². The summed E-state index contributed by atoms with van der Waals surface area (Å²) in [6.45, 7) is 15.3. The summed E-state index contributed by atoms with van der Waals surface area (Å²) in [7, 11) is -4.06. The molecule has 0 aromatic heterocycles. The number of sulfonamides is 1. The van der Waals surface area contributed by atoms with Gasteiger partial charge >= 0.3 is 12.1 Å². The Bertz CT molecular complexity index is 1300. The molecule has 1 N–H and O–H groups in total. The molecule has 12 heteroatoms. The van der Waals surface area contributed by atoms with Crippen molar-refractivity contribution < 1.29 is 32.6 Å². The number of nitrogens with zero attached hydrogens (tertiary/aromatic N) is 4. The second-order valence-electron chi connectivity index (χ2n) is 15.3. The minimum atomic E-state index is -4.06. The van der Waals surface area contributed by atoms with Crippen molar-refractivity contribution in [1.82, 2.24) is 19.0 Å². The summed E-state index contributed by atoms with van der Waals surface area (Å²) in [4.78, 5) is 44.7. The molecular formula is C34H54N4O7S. The lowest BCUT2D eigenvalue weighted by molar-refractivity contribution is -0.145. The molecule has 1 saturated carbocycles. The Hall–Kier alpha value is -2.70. The van der Waals surface area contributed by atoms with Crippen LogP contribution in [0.2, 0.25) is 0 Å². The van der Waals surface area contributed by atoms with Gasteiger partial charge in [-0.1, -0.05) is 39.0 Å². The third kappa shape index (κ3) is 9.01. The van der Waals surface area contributed by atoms with Gasteiger partial charge in [0.15, 0.2) is 0 Å². The molecule has 0 spiro atoms. The first-order valence-electron chi connectivity index (χ1n) is 16.8. The van der Waals surface area contributed by atoms with Crippen LogP contribution in [-0.4, -0.2) is 114 Å². The molecule has 1 aromatic rings. The van der Waals surface area contributed by atoms with E-state index in [1.54, 1.807) is 43.9 Å². The molecule has 2 heterocycles. The first kappa shape index (κ1) is 36.1. The highest BCUT2D eigenvalue weighted by Gasteiger charge is 2.45. The summed E-state index contributed by atoms with van der Waals surface area (Å²) in [5, 5.41) is 10.2. The molecule has 1 aliphatic carbocycles. The van der Waals surface area contributed by atoms with Crippen LogP contribution in [0, 0.1) is 17.3 Å². The minimum Gasteiger partial charge on any atom is -0.480 e. The maximum absolute atomic E-state index is 13.8. The maximum Gasteiger partial charge on any atom is 0.410 e. The van der Waals surface area contributed by atoms with E-state index in [1.165, 1.54) is 16.4 Å². The number of hydrogen-bond donors (Lipinski definition) is 1. The summed E-state index contributed by atoms with van der Waals surface area (Å²) in [6.07, 6.45) is 4.21. The molecule has 46 heavy (non-hydrogen) atoms. The number of ether oxygens (including phenoxy) is 1. The number of piperidine rings is 1. The molecule has 2 saturated heterocycles. The van der Waals surface area contributed by atoms with Gasteiger partial charge in [-0.25, -0.2) is 13.2 Å². The molecule has 1 atom stereocenters. The SMILES string of the molecule is CC(C)(C)OC(=O)N1CCC(N2CCN(C(=O)C3CCC(CN(C(C(=O)O)C(C)(C)C)S(=O)(=O)c4ccccc4)CC3)CC2)CC1. The van der Waals surface area contributed by atoms with Crippen LogP contribution in [0.15, 0.2) is 35.2 Å². The van der Waals surface area contributed by atoms with E-state index < -0.39 is 33.1 Å². The van der Waals surface area contributed by atoms with Crippen molar-refractivity contribution in [3.05, 3.63) is 30.3 Å². The quantitative estimate of drug-likeness (QED) is 0.431. The Morgan fingerprint density at radius 3 is 1.91 bits per heavy atom. The van der Waals surface area contributed by atoms with Gasteiger partial charge in [0.25, 0.3) is 0 Å². The largest absolute Gasteiger partial charge is 0.480 e. The summed E-state index contributed by atoms with van der Waals surface area (Å²) in [5.41, 5.74) is -1.33. The standard InChI is InChI=1S/C34H54N4O7S/c1-33(2,3)29(31(40)41)38(46(43,44)28-10-8-7-9-11-28)24-25-12-14-26(15-13-25)30(39)36-22-20-35(21-23-36)27-16-18-37(19-17-27)32(42)45-34(4,5)6/h7-11,25-27,29H,12-24H2,1-6H3,(H,40,41). The number of aliphatic carboxylic acids is 1. The lowest BCUT2D eigenvalue weighted by Crippen LogP contribution is -2.56. The van der Waals surface area contributed by atoms with E-state index in [1.807, 2.05) is 25.7 Å². The zero-order chi connectivity index (χ0) is 33.9. The van der Waals surface area contributed by atoms with Crippen LogP contribution >= 0.6 is 0 Å². The number of carboxylic acids is 1. The van der Waals surface area contributed by atoms with Crippen LogP contribution in [0.5, 0.6) is 0 Å². The fourth-order valence-electron chi connectivity index (χ4n) is 7.15. The van der Waals surface area contributed by atoms with Gasteiger partial charge in [-0.15, -0.1) is 0 Å². The van der Waals surface area contributed by atoms with Gasteiger partial charge < -0.3 is 19.6 Å². The minimum absolute atomic E-state index is 0.0323. The van der Waals surface area contributed by atoms with Crippen LogP contribution in [0.1, 0.15) is 80.1 Å². The number of piperazine rings is 1. The molecule has 3 fully saturated rings. The first-order chi connectivity index (χ1) is 21.5. The number of amides is 2. The predicted octanol–water partition coefficient (Wildman–Crippen LogP) is 4.53. The maximum atomic E-state index is 13.8. The van der Waals surface area contributed by atoms with Crippen molar-refractivity contribution in [3.63, 3.8) is 0 Å². The van der Waals surface area contributed by atoms with E-state index in [-0.39, 0.29) is 35.3 Å². The number of rotatable bonds is 8. The lowest BCUT2D eigenvalue weighted by atomic mass is 9.80. The summed E-state index contributed by atoms with van der Waals surface area (Å²) in [6, 6.07) is 7.20. The molecular weight excluding hydrogens is 608 g/mol. The van der Waals surface area contributed by atoms with Gasteiger partial charge in [0.2, 0.25) is 15.9 Å². The number of carboxylic acid groups (broad SMARTS) is 1. The lowest BCUT2D eigenvalue weighted by Gasteiger charge is -2.44. The van der Waals surface area contributed by atoms with Crippen molar-refractivity contribution in [2.75, 3.05) is 45.8 Å². The second-order valence-corrected chi connectivity index (χ2v) is 17.2. The average molecular weight is 663 g/mol. The summed E-state index contributed by atoms with van der Waals surface area (Å²) in [5.74, 6) is -1.12. The summed E-state index contributed by atoms with van der Waals surface area (Å²) < 4.78 is 34.3. The number of benzene rings is 1. The zero-order valence-electron chi connectivity index (χ0n) is 28.5. The van der Waals surface area contributed by atoms with Gasteiger partial charge in [-0.3, -0.25) is 14.5 Å². The number of hydrogen-bond acceptors (Lipinski definition) is 7. The molecule has 0 radical (unpaired) electrons. The molecule has 1 unspecified atom stereocenters. The normalized spacial score (nSPS) is 23.3. The van der Waals surface area contributed by atoms with Crippen molar-refractivity contribution in [2.24, 2.45) is 17.3 Å². The number of carbonyl (C=O) groups excluding carboxylic acids is 2.